The van der Waals surface area contributed by atoms with E-state index in [-0.39, 0.29) is 18.1 Å². The summed E-state index contributed by atoms with van der Waals surface area (Å²) >= 11 is 1.39. The number of aromatic nitrogens is 3. The lowest BCUT2D eigenvalue weighted by atomic mass is 10.1. The van der Waals surface area contributed by atoms with Crippen molar-refractivity contribution in [1.29, 1.82) is 0 Å². The van der Waals surface area contributed by atoms with E-state index in [1.165, 1.54) is 30.1 Å². The molecule has 7 heteroatoms. The molecule has 2 heterocycles. The maximum absolute atomic E-state index is 13.3. The van der Waals surface area contributed by atoms with Gasteiger partial charge in [0.2, 0.25) is 0 Å². The Hall–Kier alpha value is -3.19. The van der Waals surface area contributed by atoms with Crippen LogP contribution < -0.4 is 0 Å². The number of thioether (sulfide) groups is 1. The molecule has 4 aromatic rings. The van der Waals surface area contributed by atoms with Crippen LogP contribution in [-0.4, -0.2) is 26.8 Å². The molecule has 0 bridgehead atoms. The Labute approximate surface area is 165 Å². The molecule has 0 aliphatic heterocycles. The van der Waals surface area contributed by atoms with Crippen molar-refractivity contribution >= 4 is 28.6 Å². The van der Waals surface area contributed by atoms with E-state index in [0.29, 0.717) is 10.8 Å². The molecule has 5 nitrogen and oxygen atoms in total. The van der Waals surface area contributed by atoms with Crippen molar-refractivity contribution in [2.24, 2.45) is 0 Å². The first-order chi connectivity index (χ1) is 13.7. The zero-order valence-electron chi connectivity index (χ0n) is 15.0. The summed E-state index contributed by atoms with van der Waals surface area (Å²) in [6.45, 7) is 0.0936. The normalized spacial score (nSPS) is 10.9. The summed E-state index contributed by atoms with van der Waals surface area (Å²) in [5.74, 6) is -0.854. The predicted molar refractivity (Wildman–Crippen MR) is 106 cm³/mol. The lowest BCUT2D eigenvalue weighted by molar-refractivity contribution is 0.0464. The molecule has 0 atom stereocenters. The molecule has 4 rings (SSSR count). The van der Waals surface area contributed by atoms with Crippen molar-refractivity contribution in [2.45, 2.75) is 11.8 Å². The SMILES string of the molecule is CSc1ncc(C(=O)OCc2cccc3cccnc23)n1-c1ccc(F)cc1. The van der Waals surface area contributed by atoms with Gasteiger partial charge in [0, 0.05) is 22.8 Å². The third-order valence-electron chi connectivity index (χ3n) is 4.28. The van der Waals surface area contributed by atoms with Gasteiger partial charge >= 0.3 is 5.97 Å². The monoisotopic (exact) mass is 393 g/mol. The minimum absolute atomic E-state index is 0.0936. The van der Waals surface area contributed by atoms with Crippen LogP contribution in [0.3, 0.4) is 0 Å². The molecule has 0 aliphatic carbocycles. The highest BCUT2D eigenvalue weighted by molar-refractivity contribution is 7.98. The van der Waals surface area contributed by atoms with Crippen molar-refractivity contribution < 1.29 is 13.9 Å². The molecule has 2 aromatic carbocycles. The minimum Gasteiger partial charge on any atom is -0.456 e. The number of carbonyl (C=O) groups excluding carboxylic acids is 1. The predicted octanol–water partition coefficient (Wildman–Crippen LogP) is 4.64. The van der Waals surface area contributed by atoms with E-state index >= 15 is 0 Å². The molecule has 0 saturated carbocycles. The topological polar surface area (TPSA) is 57.0 Å². The molecule has 28 heavy (non-hydrogen) atoms. The fourth-order valence-electron chi connectivity index (χ4n) is 2.96. The molecule has 0 aliphatic rings. The lowest BCUT2D eigenvalue weighted by Gasteiger charge is -2.11. The zero-order chi connectivity index (χ0) is 19.5. The van der Waals surface area contributed by atoms with Gasteiger partial charge in [-0.3, -0.25) is 9.55 Å². The summed E-state index contributed by atoms with van der Waals surface area (Å²) in [5, 5.41) is 1.60. The van der Waals surface area contributed by atoms with Crippen LogP contribution in [0.5, 0.6) is 0 Å². The van der Waals surface area contributed by atoms with Gasteiger partial charge in [-0.25, -0.2) is 14.2 Å². The average molecular weight is 393 g/mol. The lowest BCUT2D eigenvalue weighted by Crippen LogP contribution is -2.12. The quantitative estimate of drug-likeness (QED) is 0.365. The van der Waals surface area contributed by atoms with Crippen LogP contribution in [0.15, 0.2) is 72.1 Å². The third kappa shape index (κ3) is 3.48. The average Bonchev–Trinajstić information content (AvgIpc) is 3.17. The van der Waals surface area contributed by atoms with E-state index in [1.807, 2.05) is 36.6 Å². The Morgan fingerprint density at radius 1 is 1.11 bits per heavy atom. The van der Waals surface area contributed by atoms with Crippen LogP contribution in [0.25, 0.3) is 16.6 Å². The number of rotatable bonds is 5. The molecule has 2 aromatic heterocycles. The molecular formula is C21H16FN3O2S. The van der Waals surface area contributed by atoms with Crippen LogP contribution in [0.1, 0.15) is 16.1 Å². The Bertz CT molecular complexity index is 1140. The highest BCUT2D eigenvalue weighted by atomic mass is 32.2. The number of ether oxygens (including phenoxy) is 1. The first kappa shape index (κ1) is 18.2. The van der Waals surface area contributed by atoms with Gasteiger partial charge in [0.15, 0.2) is 10.9 Å². The van der Waals surface area contributed by atoms with Crippen molar-refractivity contribution in [1.82, 2.24) is 14.5 Å². The van der Waals surface area contributed by atoms with Crippen LogP contribution >= 0.6 is 11.8 Å². The highest BCUT2D eigenvalue weighted by Gasteiger charge is 2.19. The van der Waals surface area contributed by atoms with Gasteiger partial charge in [0.1, 0.15) is 12.4 Å². The summed E-state index contributed by atoms with van der Waals surface area (Å²) < 4.78 is 20.5. The van der Waals surface area contributed by atoms with E-state index in [4.69, 9.17) is 4.74 Å². The largest absolute Gasteiger partial charge is 0.456 e. The van der Waals surface area contributed by atoms with E-state index < -0.39 is 5.97 Å². The molecule has 140 valence electrons. The van der Waals surface area contributed by atoms with Crippen LogP contribution in [0.4, 0.5) is 4.39 Å². The zero-order valence-corrected chi connectivity index (χ0v) is 15.8. The van der Waals surface area contributed by atoms with E-state index in [9.17, 15) is 9.18 Å². The van der Waals surface area contributed by atoms with Crippen LogP contribution in [0, 0.1) is 5.82 Å². The molecule has 0 unspecified atom stereocenters. The molecule has 0 fully saturated rings. The van der Waals surface area contributed by atoms with Crippen molar-refractivity contribution in [3.05, 3.63) is 84.1 Å². The molecule has 0 saturated heterocycles. The number of carbonyl (C=O) groups is 1. The molecule has 0 amide bonds. The van der Waals surface area contributed by atoms with Gasteiger partial charge in [0.25, 0.3) is 0 Å². The Morgan fingerprint density at radius 2 is 1.89 bits per heavy atom. The third-order valence-corrected chi connectivity index (χ3v) is 4.93. The van der Waals surface area contributed by atoms with Gasteiger partial charge < -0.3 is 4.74 Å². The molecular weight excluding hydrogens is 377 g/mol. The number of imidazole rings is 1. The van der Waals surface area contributed by atoms with E-state index in [2.05, 4.69) is 9.97 Å². The van der Waals surface area contributed by atoms with Gasteiger partial charge in [-0.05, 0) is 36.6 Å². The summed E-state index contributed by atoms with van der Waals surface area (Å²) in [4.78, 5) is 21.4. The maximum Gasteiger partial charge on any atom is 0.357 e. The van der Waals surface area contributed by atoms with Gasteiger partial charge in [-0.15, -0.1) is 0 Å². The van der Waals surface area contributed by atoms with Crippen molar-refractivity contribution in [3.8, 4) is 5.69 Å². The number of nitrogens with zero attached hydrogens (tertiary/aromatic N) is 3. The fraction of sp³-hybridized carbons (Fsp3) is 0.0952. The van der Waals surface area contributed by atoms with Crippen LogP contribution in [-0.2, 0) is 11.3 Å². The van der Waals surface area contributed by atoms with E-state index in [0.717, 1.165) is 16.5 Å². The van der Waals surface area contributed by atoms with Crippen molar-refractivity contribution in [2.75, 3.05) is 6.26 Å². The summed E-state index contributed by atoms with van der Waals surface area (Å²) in [6.07, 6.45) is 5.04. The number of hydrogen-bond acceptors (Lipinski definition) is 5. The minimum atomic E-state index is -0.509. The number of pyridine rings is 1. The smallest absolute Gasteiger partial charge is 0.357 e. The summed E-state index contributed by atoms with van der Waals surface area (Å²) in [7, 11) is 0. The Kier molecular flexibility index (Phi) is 5.08. The summed E-state index contributed by atoms with van der Waals surface area (Å²) in [5.41, 5.74) is 2.55. The first-order valence-electron chi connectivity index (χ1n) is 8.55. The number of para-hydroxylation sites is 1. The molecule has 0 radical (unpaired) electrons. The Balaban J connectivity index is 1.62. The number of fused-ring (bicyclic) bond motifs is 1. The first-order valence-corrected chi connectivity index (χ1v) is 9.77. The molecule has 0 spiro atoms. The highest BCUT2D eigenvalue weighted by Crippen LogP contribution is 2.23. The van der Waals surface area contributed by atoms with E-state index in [1.54, 1.807) is 22.9 Å². The van der Waals surface area contributed by atoms with Gasteiger partial charge in [-0.2, -0.15) is 0 Å². The fourth-order valence-corrected chi connectivity index (χ4v) is 3.51. The van der Waals surface area contributed by atoms with Gasteiger partial charge in [0.05, 0.1) is 11.7 Å². The van der Waals surface area contributed by atoms with Gasteiger partial charge in [-0.1, -0.05) is 36.0 Å². The van der Waals surface area contributed by atoms with Crippen LogP contribution in [0.2, 0.25) is 0 Å². The number of esters is 1. The maximum atomic E-state index is 13.3. The second kappa shape index (κ2) is 7.82. The standard InChI is InChI=1S/C21H16FN3O2S/c1-28-21-24-12-18(25(21)17-9-7-16(22)8-10-17)20(26)27-13-15-5-2-4-14-6-3-11-23-19(14)15/h2-12H,13H2,1H3. The number of hydrogen-bond donors (Lipinski definition) is 0. The van der Waals surface area contributed by atoms with Crippen molar-refractivity contribution in [3.63, 3.8) is 0 Å². The summed E-state index contributed by atoms with van der Waals surface area (Å²) in [6, 6.07) is 15.5. The second-order valence-electron chi connectivity index (χ2n) is 6.01. The number of halogens is 1. The molecule has 0 N–H and O–H groups in total. The Morgan fingerprint density at radius 3 is 2.68 bits per heavy atom. The second-order valence-corrected chi connectivity index (χ2v) is 6.78. The number of benzene rings is 2.